The normalized spacial score (nSPS) is 11.8. The molecule has 4 nitrogen and oxygen atoms in total. The summed E-state index contributed by atoms with van der Waals surface area (Å²) in [5, 5.41) is 1.86. The van der Waals surface area contributed by atoms with Crippen molar-refractivity contribution in [2.45, 2.75) is 11.4 Å². The molecule has 2 aromatic heterocycles. The second kappa shape index (κ2) is 7.02. The van der Waals surface area contributed by atoms with Gasteiger partial charge in [-0.2, -0.15) is 4.31 Å². The summed E-state index contributed by atoms with van der Waals surface area (Å²) >= 11 is 10.7. The van der Waals surface area contributed by atoms with E-state index in [1.54, 1.807) is 6.08 Å². The average molecular weight is 408 g/mol. The van der Waals surface area contributed by atoms with Crippen LogP contribution in [0, 0.1) is 0 Å². The first kappa shape index (κ1) is 16.6. The first-order chi connectivity index (χ1) is 9.95. The molecule has 0 saturated heterocycles. The van der Waals surface area contributed by atoms with Gasteiger partial charge in [-0.3, -0.25) is 0 Å². The molecule has 0 spiro atoms. The fourth-order valence-electron chi connectivity index (χ4n) is 1.69. The second-order valence-corrected chi connectivity index (χ2v) is 8.32. The van der Waals surface area contributed by atoms with Crippen LogP contribution in [0.1, 0.15) is 4.88 Å². The monoisotopic (exact) mass is 406 g/mol. The lowest BCUT2D eigenvalue weighted by atomic mass is 10.4. The van der Waals surface area contributed by atoms with Crippen LogP contribution in [-0.4, -0.2) is 24.3 Å². The van der Waals surface area contributed by atoms with Crippen molar-refractivity contribution in [3.05, 3.63) is 56.9 Å². The molecular weight excluding hydrogens is 396 g/mol. The van der Waals surface area contributed by atoms with Gasteiger partial charge in [0.05, 0.1) is 0 Å². The number of hydrogen-bond donors (Lipinski definition) is 0. The highest BCUT2D eigenvalue weighted by Crippen LogP contribution is 2.27. The molecule has 0 aliphatic carbocycles. The fourth-order valence-corrected chi connectivity index (χ4v) is 4.80. The van der Waals surface area contributed by atoms with Gasteiger partial charge in [0.15, 0.2) is 0 Å². The van der Waals surface area contributed by atoms with E-state index in [1.165, 1.54) is 27.9 Å². The fraction of sp³-hybridized carbons (Fsp3) is 0.154. The van der Waals surface area contributed by atoms with E-state index in [-0.39, 0.29) is 23.1 Å². The van der Waals surface area contributed by atoms with E-state index in [1.807, 2.05) is 17.5 Å². The molecule has 112 valence electrons. The minimum atomic E-state index is -3.75. The van der Waals surface area contributed by atoms with E-state index < -0.39 is 10.0 Å². The van der Waals surface area contributed by atoms with Crippen LogP contribution in [0.3, 0.4) is 0 Å². The Balaban J connectivity index is 2.41. The predicted octanol–water partition coefficient (Wildman–Crippen LogP) is 3.94. The lowest BCUT2D eigenvalue weighted by molar-refractivity contribution is 0.441. The van der Waals surface area contributed by atoms with E-state index in [2.05, 4.69) is 27.5 Å². The standard InChI is InChI=1S/C13H12BrClN2O2S2/c1-2-5-17(9-11-4-3-6-20-11)21(18,19)12-7-10(14)8-16-13(12)15/h2-4,6-8H,1,5,9H2. The van der Waals surface area contributed by atoms with Crippen molar-refractivity contribution in [3.8, 4) is 0 Å². The Morgan fingerprint density at radius 2 is 2.29 bits per heavy atom. The zero-order valence-corrected chi connectivity index (χ0v) is 14.8. The van der Waals surface area contributed by atoms with Crippen molar-refractivity contribution in [2.75, 3.05) is 6.54 Å². The Morgan fingerprint density at radius 1 is 1.52 bits per heavy atom. The number of rotatable bonds is 6. The van der Waals surface area contributed by atoms with Crippen molar-refractivity contribution < 1.29 is 8.42 Å². The zero-order valence-electron chi connectivity index (χ0n) is 10.9. The van der Waals surface area contributed by atoms with Crippen molar-refractivity contribution in [1.29, 1.82) is 0 Å². The van der Waals surface area contributed by atoms with Gasteiger partial charge >= 0.3 is 0 Å². The van der Waals surface area contributed by atoms with Crippen LogP contribution < -0.4 is 0 Å². The van der Waals surface area contributed by atoms with Crippen LogP contribution in [0.15, 0.2) is 51.8 Å². The summed E-state index contributed by atoms with van der Waals surface area (Å²) in [5.74, 6) is 0. The Labute approximate surface area is 141 Å². The lowest BCUT2D eigenvalue weighted by Gasteiger charge is -2.20. The van der Waals surface area contributed by atoms with E-state index >= 15 is 0 Å². The maximum Gasteiger partial charge on any atom is 0.246 e. The molecule has 0 aliphatic rings. The highest BCUT2D eigenvalue weighted by Gasteiger charge is 2.27. The van der Waals surface area contributed by atoms with Gasteiger partial charge in [-0.1, -0.05) is 23.7 Å². The molecule has 2 heterocycles. The Morgan fingerprint density at radius 3 is 2.90 bits per heavy atom. The highest BCUT2D eigenvalue weighted by atomic mass is 79.9. The first-order valence-electron chi connectivity index (χ1n) is 5.89. The van der Waals surface area contributed by atoms with Gasteiger partial charge in [-0.15, -0.1) is 17.9 Å². The third-order valence-electron chi connectivity index (χ3n) is 2.64. The number of aromatic nitrogens is 1. The average Bonchev–Trinajstić information content (AvgIpc) is 2.94. The molecule has 0 saturated carbocycles. The second-order valence-electron chi connectivity index (χ2n) is 4.11. The number of pyridine rings is 1. The number of thiophene rings is 1. The predicted molar refractivity (Wildman–Crippen MR) is 89.1 cm³/mol. The summed E-state index contributed by atoms with van der Waals surface area (Å²) in [6.07, 6.45) is 3.00. The minimum Gasteiger partial charge on any atom is -0.242 e. The summed E-state index contributed by atoms with van der Waals surface area (Å²) in [4.78, 5) is 4.80. The van der Waals surface area contributed by atoms with E-state index in [9.17, 15) is 8.42 Å². The Kier molecular flexibility index (Phi) is 5.56. The van der Waals surface area contributed by atoms with Gasteiger partial charge in [0.1, 0.15) is 10.0 Å². The van der Waals surface area contributed by atoms with Crippen LogP contribution in [0.5, 0.6) is 0 Å². The largest absolute Gasteiger partial charge is 0.246 e. The van der Waals surface area contributed by atoms with Crippen LogP contribution in [0.4, 0.5) is 0 Å². The summed E-state index contributed by atoms with van der Waals surface area (Å²) < 4.78 is 27.4. The van der Waals surface area contributed by atoms with Crippen LogP contribution >= 0.6 is 38.9 Å². The van der Waals surface area contributed by atoms with Crippen LogP contribution in [0.25, 0.3) is 0 Å². The number of nitrogens with zero attached hydrogens (tertiary/aromatic N) is 2. The molecule has 21 heavy (non-hydrogen) atoms. The molecule has 0 bridgehead atoms. The molecule has 0 unspecified atom stereocenters. The lowest BCUT2D eigenvalue weighted by Crippen LogP contribution is -2.31. The van der Waals surface area contributed by atoms with Gasteiger partial charge in [0.25, 0.3) is 0 Å². The molecule has 0 fully saturated rings. The summed E-state index contributed by atoms with van der Waals surface area (Å²) in [5.41, 5.74) is 0. The van der Waals surface area contributed by atoms with Crippen LogP contribution in [0.2, 0.25) is 5.15 Å². The maximum absolute atomic E-state index is 12.8. The Hall–Kier alpha value is -0.730. The van der Waals surface area contributed by atoms with Crippen molar-refractivity contribution >= 4 is 48.9 Å². The molecule has 2 aromatic rings. The molecule has 0 amide bonds. The molecular formula is C13H12BrClN2O2S2. The highest BCUT2D eigenvalue weighted by molar-refractivity contribution is 9.10. The SMILES string of the molecule is C=CCN(Cc1cccs1)S(=O)(=O)c1cc(Br)cnc1Cl. The van der Waals surface area contributed by atoms with Gasteiger partial charge in [-0.25, -0.2) is 13.4 Å². The first-order valence-corrected chi connectivity index (χ1v) is 9.38. The summed E-state index contributed by atoms with van der Waals surface area (Å²) in [6, 6.07) is 5.22. The summed E-state index contributed by atoms with van der Waals surface area (Å²) in [7, 11) is -3.75. The number of sulfonamides is 1. The van der Waals surface area contributed by atoms with Gasteiger partial charge in [-0.05, 0) is 33.4 Å². The van der Waals surface area contributed by atoms with Gasteiger partial charge < -0.3 is 0 Å². The summed E-state index contributed by atoms with van der Waals surface area (Å²) in [6.45, 7) is 4.09. The topological polar surface area (TPSA) is 50.3 Å². The quantitative estimate of drug-likeness (QED) is 0.538. The van der Waals surface area contributed by atoms with Crippen molar-refractivity contribution in [1.82, 2.24) is 9.29 Å². The molecule has 0 aliphatic heterocycles. The number of halogens is 2. The van der Waals surface area contributed by atoms with E-state index in [4.69, 9.17) is 11.6 Å². The van der Waals surface area contributed by atoms with Crippen molar-refractivity contribution in [2.24, 2.45) is 0 Å². The third-order valence-corrected chi connectivity index (χ3v) is 6.17. The van der Waals surface area contributed by atoms with Gasteiger partial charge in [0.2, 0.25) is 10.0 Å². The van der Waals surface area contributed by atoms with E-state index in [0.717, 1.165) is 4.88 Å². The molecule has 8 heteroatoms. The molecule has 0 N–H and O–H groups in total. The molecule has 0 aromatic carbocycles. The molecule has 0 radical (unpaired) electrons. The number of hydrogen-bond acceptors (Lipinski definition) is 4. The minimum absolute atomic E-state index is 0.0167. The maximum atomic E-state index is 12.8. The molecule has 0 atom stereocenters. The smallest absolute Gasteiger partial charge is 0.242 e. The zero-order chi connectivity index (χ0) is 15.5. The van der Waals surface area contributed by atoms with Crippen LogP contribution in [-0.2, 0) is 16.6 Å². The van der Waals surface area contributed by atoms with E-state index in [0.29, 0.717) is 4.47 Å². The van der Waals surface area contributed by atoms with Crippen molar-refractivity contribution in [3.63, 3.8) is 0 Å². The molecule has 2 rings (SSSR count). The third kappa shape index (κ3) is 3.92. The van der Waals surface area contributed by atoms with Gasteiger partial charge in [0, 0.05) is 28.6 Å². The Bertz CT molecular complexity index is 733.